The summed E-state index contributed by atoms with van der Waals surface area (Å²) in [6, 6.07) is 7.17. The Morgan fingerprint density at radius 2 is 1.82 bits per heavy atom. The molecule has 2 aromatic rings. The predicted octanol–water partition coefficient (Wildman–Crippen LogP) is 0.783. The first kappa shape index (κ1) is 16.3. The molecule has 0 atom stereocenters. The van der Waals surface area contributed by atoms with Crippen LogP contribution in [-0.2, 0) is 16.0 Å². The highest BCUT2D eigenvalue weighted by Gasteiger charge is 2.04. The quantitative estimate of drug-likeness (QED) is 0.516. The van der Waals surface area contributed by atoms with Gasteiger partial charge in [-0.15, -0.1) is 5.10 Å². The largest absolute Gasteiger partial charge is 0.394 e. The lowest BCUT2D eigenvalue weighted by atomic mass is 10.1. The Labute approximate surface area is 128 Å². The molecule has 0 aliphatic carbocycles. The third kappa shape index (κ3) is 5.03. The van der Waals surface area contributed by atoms with Crippen LogP contribution in [0.1, 0.15) is 10.4 Å². The molecule has 22 heavy (non-hydrogen) atoms. The molecule has 0 fully saturated rings. The Morgan fingerprint density at radius 1 is 1.09 bits per heavy atom. The van der Waals surface area contributed by atoms with Gasteiger partial charge in [0.05, 0.1) is 45.8 Å². The maximum absolute atomic E-state index is 10.6. The van der Waals surface area contributed by atoms with Crippen molar-refractivity contribution in [3.63, 3.8) is 0 Å². The van der Waals surface area contributed by atoms with E-state index in [0.29, 0.717) is 38.5 Å². The molecule has 7 heteroatoms. The summed E-state index contributed by atoms with van der Waals surface area (Å²) in [5.74, 6) is 0. The van der Waals surface area contributed by atoms with Gasteiger partial charge >= 0.3 is 0 Å². The molecule has 1 heterocycles. The summed E-state index contributed by atoms with van der Waals surface area (Å²) in [6.07, 6.45) is 2.64. The van der Waals surface area contributed by atoms with Crippen LogP contribution in [0.2, 0.25) is 0 Å². The Kier molecular flexibility index (Phi) is 6.69. The molecule has 1 aromatic carbocycles. The molecule has 0 aliphatic rings. The minimum absolute atomic E-state index is 0.0234. The predicted molar refractivity (Wildman–Crippen MR) is 79.6 cm³/mol. The Balaban J connectivity index is 1.75. The summed E-state index contributed by atoms with van der Waals surface area (Å²) >= 11 is 0. The van der Waals surface area contributed by atoms with E-state index in [9.17, 15) is 4.79 Å². The number of hydrogen-bond acceptors (Lipinski definition) is 6. The lowest BCUT2D eigenvalue weighted by Gasteiger charge is -2.04. The first-order chi connectivity index (χ1) is 10.8. The van der Waals surface area contributed by atoms with Gasteiger partial charge in [0.1, 0.15) is 12.0 Å². The zero-order valence-corrected chi connectivity index (χ0v) is 12.2. The average molecular weight is 305 g/mol. The van der Waals surface area contributed by atoms with Crippen molar-refractivity contribution in [3.05, 3.63) is 36.0 Å². The number of aromatic nitrogens is 3. The highest BCUT2D eigenvalue weighted by atomic mass is 16.5. The monoisotopic (exact) mass is 305 g/mol. The molecule has 7 nitrogen and oxygen atoms in total. The van der Waals surface area contributed by atoms with Crippen LogP contribution in [-0.4, -0.2) is 59.4 Å². The fourth-order valence-electron chi connectivity index (χ4n) is 1.82. The Morgan fingerprint density at radius 3 is 2.50 bits per heavy atom. The number of aldehydes is 1. The molecule has 0 saturated heterocycles. The maximum Gasteiger partial charge on any atom is 0.150 e. The minimum Gasteiger partial charge on any atom is -0.394 e. The number of benzene rings is 1. The number of carbonyl (C=O) groups is 1. The SMILES string of the molecule is O=Cc1ccc(-c2cn(CCOCCOCCO)nn2)cc1. The van der Waals surface area contributed by atoms with Crippen LogP contribution in [0.15, 0.2) is 30.5 Å². The molecule has 118 valence electrons. The summed E-state index contributed by atoms with van der Waals surface area (Å²) in [6.45, 7) is 2.41. The van der Waals surface area contributed by atoms with Crippen LogP contribution < -0.4 is 0 Å². The molecule has 1 aromatic heterocycles. The van der Waals surface area contributed by atoms with E-state index in [1.807, 2.05) is 18.3 Å². The van der Waals surface area contributed by atoms with Gasteiger partial charge in [-0.3, -0.25) is 4.79 Å². The average Bonchev–Trinajstić information content (AvgIpc) is 3.03. The fraction of sp³-hybridized carbons (Fsp3) is 0.400. The highest BCUT2D eigenvalue weighted by Crippen LogP contribution is 2.16. The van der Waals surface area contributed by atoms with E-state index in [4.69, 9.17) is 14.6 Å². The summed E-state index contributed by atoms with van der Waals surface area (Å²) in [4.78, 5) is 10.6. The molecule has 0 aliphatic heterocycles. The van der Waals surface area contributed by atoms with Crippen molar-refractivity contribution in [2.24, 2.45) is 0 Å². The summed E-state index contributed by atoms with van der Waals surface area (Å²) in [5.41, 5.74) is 2.30. The van der Waals surface area contributed by atoms with Gasteiger partial charge in [-0.2, -0.15) is 0 Å². The zero-order chi connectivity index (χ0) is 15.6. The molecule has 0 spiro atoms. The number of hydrogen-bond donors (Lipinski definition) is 1. The molecule has 0 unspecified atom stereocenters. The smallest absolute Gasteiger partial charge is 0.150 e. The standard InChI is InChI=1S/C15H19N3O4/c19-6-8-22-10-9-21-7-5-18-11-15(16-17-18)14-3-1-13(12-20)2-4-14/h1-4,11-12,19H,5-10H2. The Hall–Kier alpha value is -2.09. The van der Waals surface area contributed by atoms with Gasteiger partial charge in [0.25, 0.3) is 0 Å². The normalized spacial score (nSPS) is 10.8. The first-order valence-electron chi connectivity index (χ1n) is 7.05. The van der Waals surface area contributed by atoms with E-state index in [1.165, 1.54) is 0 Å². The minimum atomic E-state index is 0.0234. The van der Waals surface area contributed by atoms with E-state index < -0.39 is 0 Å². The second-order valence-electron chi connectivity index (χ2n) is 4.56. The van der Waals surface area contributed by atoms with E-state index in [2.05, 4.69) is 10.3 Å². The van der Waals surface area contributed by atoms with Gasteiger partial charge in [0, 0.05) is 11.1 Å². The molecule has 0 radical (unpaired) electrons. The van der Waals surface area contributed by atoms with E-state index in [0.717, 1.165) is 17.5 Å². The van der Waals surface area contributed by atoms with Crippen LogP contribution in [0.3, 0.4) is 0 Å². The van der Waals surface area contributed by atoms with E-state index in [-0.39, 0.29) is 6.61 Å². The van der Waals surface area contributed by atoms with Gasteiger partial charge in [-0.05, 0) is 0 Å². The molecule has 1 N–H and O–H groups in total. The number of aliphatic hydroxyl groups excluding tert-OH is 1. The van der Waals surface area contributed by atoms with Crippen molar-refractivity contribution >= 4 is 6.29 Å². The van der Waals surface area contributed by atoms with E-state index in [1.54, 1.807) is 16.8 Å². The zero-order valence-electron chi connectivity index (χ0n) is 12.2. The third-order valence-corrected chi connectivity index (χ3v) is 2.95. The van der Waals surface area contributed by atoms with Crippen LogP contribution >= 0.6 is 0 Å². The number of nitrogens with zero attached hydrogens (tertiary/aromatic N) is 3. The topological polar surface area (TPSA) is 86.5 Å². The van der Waals surface area contributed by atoms with Gasteiger partial charge < -0.3 is 14.6 Å². The number of aliphatic hydroxyl groups is 1. The second kappa shape index (κ2) is 9.04. The highest BCUT2D eigenvalue weighted by molar-refractivity contribution is 5.76. The van der Waals surface area contributed by atoms with Gasteiger partial charge in [0.2, 0.25) is 0 Å². The number of ether oxygens (including phenoxy) is 2. The summed E-state index contributed by atoms with van der Waals surface area (Å²) in [7, 11) is 0. The van der Waals surface area contributed by atoms with Crippen LogP contribution in [0.5, 0.6) is 0 Å². The van der Waals surface area contributed by atoms with Crippen molar-refractivity contribution in [3.8, 4) is 11.3 Å². The van der Waals surface area contributed by atoms with Crippen LogP contribution in [0.4, 0.5) is 0 Å². The van der Waals surface area contributed by atoms with Crippen LogP contribution in [0.25, 0.3) is 11.3 Å². The summed E-state index contributed by atoms with van der Waals surface area (Å²) in [5, 5.41) is 16.7. The fourth-order valence-corrected chi connectivity index (χ4v) is 1.82. The lowest BCUT2D eigenvalue weighted by Crippen LogP contribution is -2.11. The van der Waals surface area contributed by atoms with Gasteiger partial charge in [-0.25, -0.2) is 4.68 Å². The molecular formula is C15H19N3O4. The van der Waals surface area contributed by atoms with Crippen LogP contribution in [0, 0.1) is 0 Å². The van der Waals surface area contributed by atoms with Crippen molar-refractivity contribution in [2.45, 2.75) is 6.54 Å². The Bertz CT molecular complexity index is 568. The number of carbonyl (C=O) groups excluding carboxylic acids is 1. The van der Waals surface area contributed by atoms with Crippen molar-refractivity contribution in [2.75, 3.05) is 33.0 Å². The van der Waals surface area contributed by atoms with Crippen molar-refractivity contribution in [1.82, 2.24) is 15.0 Å². The number of rotatable bonds is 10. The maximum atomic E-state index is 10.6. The third-order valence-electron chi connectivity index (χ3n) is 2.95. The second-order valence-corrected chi connectivity index (χ2v) is 4.56. The van der Waals surface area contributed by atoms with Gasteiger partial charge in [-0.1, -0.05) is 29.5 Å². The molecule has 0 amide bonds. The molecule has 0 saturated carbocycles. The van der Waals surface area contributed by atoms with E-state index >= 15 is 0 Å². The van der Waals surface area contributed by atoms with Crippen molar-refractivity contribution in [1.29, 1.82) is 0 Å². The lowest BCUT2D eigenvalue weighted by molar-refractivity contribution is 0.0302. The molecule has 2 rings (SSSR count). The molecule has 0 bridgehead atoms. The van der Waals surface area contributed by atoms with Crippen molar-refractivity contribution < 1.29 is 19.4 Å². The molecular weight excluding hydrogens is 286 g/mol. The first-order valence-corrected chi connectivity index (χ1v) is 7.05. The van der Waals surface area contributed by atoms with Gasteiger partial charge in [0.15, 0.2) is 0 Å². The summed E-state index contributed by atoms with van der Waals surface area (Å²) < 4.78 is 12.2.